The predicted octanol–water partition coefficient (Wildman–Crippen LogP) is -0.244. The van der Waals surface area contributed by atoms with Gasteiger partial charge >= 0.3 is 5.69 Å². The van der Waals surface area contributed by atoms with Gasteiger partial charge in [0.1, 0.15) is 4.90 Å². The second-order valence-electron chi connectivity index (χ2n) is 3.87. The molecule has 8 nitrogen and oxygen atoms in total. The number of pyridine rings is 1. The highest BCUT2D eigenvalue weighted by Gasteiger charge is 2.27. The van der Waals surface area contributed by atoms with Crippen LogP contribution in [-0.4, -0.2) is 33.7 Å². The smallest absolute Gasteiger partial charge is 0.352 e. The minimum atomic E-state index is -4.08. The van der Waals surface area contributed by atoms with E-state index in [1.807, 2.05) is 0 Å². The van der Waals surface area contributed by atoms with Crippen LogP contribution in [0.15, 0.2) is 28.2 Å². The number of hydrogen-bond donors (Lipinski definition) is 1. The molecule has 0 aliphatic carbocycles. The Hall–Kier alpha value is -1.87. The van der Waals surface area contributed by atoms with Gasteiger partial charge in [0.2, 0.25) is 5.95 Å². The maximum Gasteiger partial charge on any atom is 0.362 e. The molecule has 0 unspecified atom stereocenters. The van der Waals surface area contributed by atoms with Gasteiger partial charge in [-0.25, -0.2) is 4.79 Å². The van der Waals surface area contributed by atoms with E-state index in [1.54, 1.807) is 0 Å². The summed E-state index contributed by atoms with van der Waals surface area (Å²) in [6, 6.07) is 1.22. The zero-order chi connectivity index (χ0) is 13.6. The van der Waals surface area contributed by atoms with E-state index in [0.29, 0.717) is 17.2 Å². The van der Waals surface area contributed by atoms with E-state index in [9.17, 15) is 13.2 Å². The van der Waals surface area contributed by atoms with Crippen LogP contribution in [0.1, 0.15) is 0 Å². The molecular formula is C9H8ClN5O3S. The van der Waals surface area contributed by atoms with Gasteiger partial charge in [0, 0.05) is 25.5 Å². The molecule has 0 saturated carbocycles. The number of rotatable bonds is 2. The lowest BCUT2D eigenvalue weighted by Gasteiger charge is -2.02. The average Bonchev–Trinajstić information content (AvgIpc) is 2.93. The highest BCUT2D eigenvalue weighted by molar-refractivity contribution is 7.89. The van der Waals surface area contributed by atoms with Gasteiger partial charge in [-0.15, -0.1) is 5.10 Å². The fourth-order valence-corrected chi connectivity index (χ4v) is 3.18. The topological polar surface area (TPSA) is 98.9 Å². The lowest BCUT2D eigenvalue weighted by atomic mass is 10.5. The Kier molecular flexibility index (Phi) is 2.61. The first-order chi connectivity index (χ1) is 9.00. The number of nitrogens with one attached hydrogen (secondary N) is 1. The SMILES string of the molecule is O=c1n(S(=O)(=O)c2cncc(Cl)c2)nc2n1CCN2. The van der Waals surface area contributed by atoms with Crippen molar-refractivity contribution in [3.05, 3.63) is 34.0 Å². The minimum absolute atomic E-state index is 0.166. The van der Waals surface area contributed by atoms with Crippen LogP contribution in [0.2, 0.25) is 5.02 Å². The lowest BCUT2D eigenvalue weighted by molar-refractivity contribution is 0.574. The number of aromatic nitrogens is 4. The standard InChI is InChI=1S/C9H8ClN5O3S/c10-6-3-7(5-11-4-6)19(17,18)15-9(16)14-2-1-12-8(14)13-15/h3-5H,1-2H2,(H,12,13). The third-order valence-electron chi connectivity index (χ3n) is 2.66. The van der Waals surface area contributed by atoms with Crippen molar-refractivity contribution in [3.8, 4) is 0 Å². The number of hydrogen-bond acceptors (Lipinski definition) is 6. The van der Waals surface area contributed by atoms with Crippen molar-refractivity contribution < 1.29 is 8.42 Å². The molecule has 2 aromatic rings. The first kappa shape index (κ1) is 12.2. The molecule has 0 radical (unpaired) electrons. The monoisotopic (exact) mass is 301 g/mol. The number of nitrogens with zero attached hydrogens (tertiary/aromatic N) is 4. The molecule has 0 amide bonds. The Labute approximate surface area is 112 Å². The second kappa shape index (κ2) is 4.07. The van der Waals surface area contributed by atoms with E-state index in [1.165, 1.54) is 16.8 Å². The van der Waals surface area contributed by atoms with Gasteiger partial charge in [0.05, 0.1) is 5.02 Å². The van der Waals surface area contributed by atoms with Gasteiger partial charge < -0.3 is 5.32 Å². The molecule has 1 aliphatic rings. The molecule has 19 heavy (non-hydrogen) atoms. The normalized spacial score (nSPS) is 14.2. The van der Waals surface area contributed by atoms with Crippen molar-refractivity contribution in [2.75, 3.05) is 11.9 Å². The lowest BCUT2D eigenvalue weighted by Crippen LogP contribution is -2.30. The summed E-state index contributed by atoms with van der Waals surface area (Å²) in [6.45, 7) is 0.939. The summed E-state index contributed by atoms with van der Waals surface area (Å²) in [7, 11) is -4.08. The van der Waals surface area contributed by atoms with Crippen molar-refractivity contribution in [3.63, 3.8) is 0 Å². The Morgan fingerprint density at radius 3 is 2.84 bits per heavy atom. The maximum absolute atomic E-state index is 12.3. The summed E-state index contributed by atoms with van der Waals surface area (Å²) in [5.74, 6) is 0.239. The molecular weight excluding hydrogens is 294 g/mol. The van der Waals surface area contributed by atoms with E-state index in [-0.39, 0.29) is 15.9 Å². The van der Waals surface area contributed by atoms with E-state index in [2.05, 4.69) is 15.4 Å². The second-order valence-corrected chi connectivity index (χ2v) is 6.08. The van der Waals surface area contributed by atoms with Gasteiger partial charge in [0.25, 0.3) is 10.0 Å². The van der Waals surface area contributed by atoms with Crippen LogP contribution in [0.4, 0.5) is 5.95 Å². The average molecular weight is 302 g/mol. The molecule has 0 fully saturated rings. The molecule has 0 spiro atoms. The van der Waals surface area contributed by atoms with Crippen molar-refractivity contribution >= 4 is 27.6 Å². The summed E-state index contributed by atoms with van der Waals surface area (Å²) in [6.07, 6.45) is 2.42. The van der Waals surface area contributed by atoms with Crippen LogP contribution in [0, 0.1) is 0 Å². The van der Waals surface area contributed by atoms with Gasteiger partial charge in [-0.3, -0.25) is 9.55 Å². The maximum atomic E-state index is 12.3. The highest BCUT2D eigenvalue weighted by atomic mass is 35.5. The molecule has 0 bridgehead atoms. The molecule has 0 saturated heterocycles. The molecule has 10 heteroatoms. The van der Waals surface area contributed by atoms with Gasteiger partial charge in [-0.1, -0.05) is 15.7 Å². The molecule has 0 atom stereocenters. The van der Waals surface area contributed by atoms with Crippen molar-refractivity contribution in [1.82, 2.24) is 18.7 Å². The van der Waals surface area contributed by atoms with E-state index >= 15 is 0 Å². The van der Waals surface area contributed by atoms with Crippen molar-refractivity contribution in [1.29, 1.82) is 0 Å². The largest absolute Gasteiger partial charge is 0.362 e. The van der Waals surface area contributed by atoms with Crippen LogP contribution in [-0.2, 0) is 16.6 Å². The van der Waals surface area contributed by atoms with Gasteiger partial charge in [0.15, 0.2) is 0 Å². The summed E-state index contributed by atoms with van der Waals surface area (Å²) in [4.78, 5) is 15.5. The van der Waals surface area contributed by atoms with Crippen LogP contribution in [0.3, 0.4) is 0 Å². The number of halogens is 1. The Morgan fingerprint density at radius 2 is 2.16 bits per heavy atom. The molecule has 100 valence electrons. The number of anilines is 1. The first-order valence-electron chi connectivity index (χ1n) is 5.30. The minimum Gasteiger partial charge on any atom is -0.352 e. The third kappa shape index (κ3) is 1.81. The van der Waals surface area contributed by atoms with Crippen LogP contribution in [0.25, 0.3) is 0 Å². The van der Waals surface area contributed by atoms with Gasteiger partial charge in [-0.05, 0) is 6.07 Å². The summed E-state index contributed by atoms with van der Waals surface area (Å²) in [5, 5.41) is 6.75. The fourth-order valence-electron chi connectivity index (χ4n) is 1.78. The van der Waals surface area contributed by atoms with E-state index < -0.39 is 15.7 Å². The van der Waals surface area contributed by atoms with Crippen LogP contribution >= 0.6 is 11.6 Å². The predicted molar refractivity (Wildman–Crippen MR) is 66.8 cm³/mol. The third-order valence-corrected chi connectivity index (χ3v) is 4.38. The molecule has 1 aliphatic heterocycles. The Bertz CT molecular complexity index is 810. The van der Waals surface area contributed by atoms with Crippen molar-refractivity contribution in [2.45, 2.75) is 11.4 Å². The molecule has 0 aromatic carbocycles. The van der Waals surface area contributed by atoms with E-state index in [0.717, 1.165) is 6.20 Å². The molecule has 2 aromatic heterocycles. The highest BCUT2D eigenvalue weighted by Crippen LogP contribution is 2.16. The molecule has 3 heterocycles. The number of fused-ring (bicyclic) bond motifs is 1. The Balaban J connectivity index is 2.19. The van der Waals surface area contributed by atoms with Crippen molar-refractivity contribution in [2.24, 2.45) is 0 Å². The summed E-state index contributed by atoms with van der Waals surface area (Å²) in [5.41, 5.74) is -0.708. The Morgan fingerprint density at radius 1 is 1.37 bits per heavy atom. The van der Waals surface area contributed by atoms with E-state index in [4.69, 9.17) is 11.6 Å². The molecule has 1 N–H and O–H groups in total. The van der Waals surface area contributed by atoms with Crippen LogP contribution in [0.5, 0.6) is 0 Å². The quantitative estimate of drug-likeness (QED) is 0.821. The zero-order valence-corrected chi connectivity index (χ0v) is 11.0. The fraction of sp³-hybridized carbons (Fsp3) is 0.222. The first-order valence-corrected chi connectivity index (χ1v) is 7.12. The summed E-state index contributed by atoms with van der Waals surface area (Å²) < 4.78 is 26.3. The van der Waals surface area contributed by atoms with Crippen LogP contribution < -0.4 is 11.0 Å². The summed E-state index contributed by atoms with van der Waals surface area (Å²) >= 11 is 5.70. The molecule has 3 rings (SSSR count). The zero-order valence-electron chi connectivity index (χ0n) is 9.45. The van der Waals surface area contributed by atoms with Gasteiger partial charge in [-0.2, -0.15) is 8.42 Å².